The lowest BCUT2D eigenvalue weighted by atomic mass is 10.1. The van der Waals surface area contributed by atoms with Crippen LogP contribution in [0.5, 0.6) is 0 Å². The first kappa shape index (κ1) is 15.1. The summed E-state index contributed by atoms with van der Waals surface area (Å²) in [6.45, 7) is -0.453. The van der Waals surface area contributed by atoms with Crippen molar-refractivity contribution in [2.75, 3.05) is 6.61 Å². The van der Waals surface area contributed by atoms with Crippen molar-refractivity contribution in [2.45, 2.75) is 21.6 Å². The number of hydrogen-bond donors (Lipinski definition) is 2. The van der Waals surface area contributed by atoms with Crippen LogP contribution in [-0.4, -0.2) is 30.9 Å². The molecule has 1 aliphatic carbocycles. The first-order valence-corrected chi connectivity index (χ1v) is 8.40. The van der Waals surface area contributed by atoms with Gasteiger partial charge in [0.05, 0.1) is 22.3 Å². The Kier molecular flexibility index (Phi) is 3.55. The van der Waals surface area contributed by atoms with Crippen LogP contribution in [-0.2, 0) is 9.84 Å². The van der Waals surface area contributed by atoms with Gasteiger partial charge in [0, 0.05) is 5.92 Å². The summed E-state index contributed by atoms with van der Waals surface area (Å²) in [7, 11) is -3.67. The van der Waals surface area contributed by atoms with Crippen LogP contribution in [0, 0.1) is 5.82 Å². The van der Waals surface area contributed by atoms with E-state index in [1.807, 2.05) is 0 Å². The summed E-state index contributed by atoms with van der Waals surface area (Å²) in [4.78, 5) is 0.174. The third-order valence-corrected chi connectivity index (χ3v) is 6.52. The quantitative estimate of drug-likeness (QED) is 0.893. The lowest BCUT2D eigenvalue weighted by Crippen LogP contribution is -2.35. The predicted octanol–water partition coefficient (Wildman–Crippen LogP) is 1.46. The van der Waals surface area contributed by atoms with Crippen LogP contribution in [0.4, 0.5) is 4.39 Å². The molecule has 1 saturated carbocycles. The van der Waals surface area contributed by atoms with Crippen LogP contribution in [0.1, 0.15) is 11.5 Å². The lowest BCUT2D eigenvalue weighted by Gasteiger charge is -2.08. The molecule has 0 aromatic heterocycles. The molecule has 3 rings (SSSR count). The van der Waals surface area contributed by atoms with Gasteiger partial charge < -0.3 is 10.8 Å². The second-order valence-electron chi connectivity index (χ2n) is 5.58. The predicted molar refractivity (Wildman–Crippen MR) is 80.6 cm³/mol. The Morgan fingerprint density at radius 3 is 2.23 bits per heavy atom. The Morgan fingerprint density at radius 2 is 1.68 bits per heavy atom. The van der Waals surface area contributed by atoms with Crippen LogP contribution in [0.2, 0.25) is 0 Å². The second kappa shape index (κ2) is 5.15. The molecule has 0 heterocycles. The minimum atomic E-state index is -3.67. The maximum atomic E-state index is 13.0. The molecule has 0 saturated heterocycles. The number of rotatable bonds is 4. The Labute approximate surface area is 128 Å². The maximum Gasteiger partial charge on any atom is 0.183 e. The van der Waals surface area contributed by atoms with Gasteiger partial charge in [-0.25, -0.2) is 12.8 Å². The topological polar surface area (TPSA) is 80.4 Å². The summed E-state index contributed by atoms with van der Waals surface area (Å²) in [5.74, 6) is -0.957. The van der Waals surface area contributed by atoms with Gasteiger partial charge in [0.1, 0.15) is 5.82 Å². The third kappa shape index (κ3) is 2.24. The Bertz CT molecular complexity index is 777. The molecule has 3 N–H and O–H groups in total. The molecule has 0 spiro atoms. The molecule has 0 bridgehead atoms. The largest absolute Gasteiger partial charge is 0.394 e. The van der Waals surface area contributed by atoms with Gasteiger partial charge in [0.2, 0.25) is 0 Å². The minimum absolute atomic E-state index is 0.174. The van der Waals surface area contributed by atoms with Crippen LogP contribution in [0.25, 0.3) is 0 Å². The number of aliphatic hydroxyl groups is 1. The molecule has 0 aliphatic heterocycles. The summed E-state index contributed by atoms with van der Waals surface area (Å²) >= 11 is 0. The lowest BCUT2D eigenvalue weighted by molar-refractivity contribution is 0.253. The molecule has 0 unspecified atom stereocenters. The zero-order valence-corrected chi connectivity index (χ0v) is 12.5. The van der Waals surface area contributed by atoms with E-state index < -0.39 is 39.0 Å². The van der Waals surface area contributed by atoms with E-state index in [1.165, 1.54) is 36.4 Å². The van der Waals surface area contributed by atoms with Gasteiger partial charge in [-0.2, -0.15) is 0 Å². The molecule has 4 nitrogen and oxygen atoms in total. The number of benzene rings is 2. The highest BCUT2D eigenvalue weighted by Gasteiger charge is 2.69. The first-order chi connectivity index (χ1) is 10.4. The van der Waals surface area contributed by atoms with Crippen LogP contribution >= 0.6 is 0 Å². The fraction of sp³-hybridized carbons (Fsp3) is 0.250. The zero-order chi connectivity index (χ0) is 16.0. The van der Waals surface area contributed by atoms with Crippen molar-refractivity contribution in [3.8, 4) is 0 Å². The molecular formula is C16H16FNO3S. The molecule has 1 fully saturated rings. The Balaban J connectivity index is 2.02. The fourth-order valence-electron chi connectivity index (χ4n) is 2.99. The van der Waals surface area contributed by atoms with Crippen molar-refractivity contribution in [1.29, 1.82) is 0 Å². The maximum absolute atomic E-state index is 13.0. The minimum Gasteiger partial charge on any atom is -0.394 e. The van der Waals surface area contributed by atoms with E-state index in [9.17, 15) is 17.9 Å². The molecular weight excluding hydrogens is 305 g/mol. The SMILES string of the molecule is N[C@@]1(CO)[C@H](S(=O)(=O)c2ccccc2)[C@@H]1c1ccc(F)cc1. The van der Waals surface area contributed by atoms with E-state index in [1.54, 1.807) is 18.2 Å². The van der Waals surface area contributed by atoms with Gasteiger partial charge in [-0.15, -0.1) is 0 Å². The molecule has 0 amide bonds. The molecule has 3 atom stereocenters. The molecule has 116 valence electrons. The summed E-state index contributed by atoms with van der Waals surface area (Å²) in [6, 6.07) is 13.6. The van der Waals surface area contributed by atoms with E-state index in [0.717, 1.165) is 0 Å². The van der Waals surface area contributed by atoms with E-state index in [0.29, 0.717) is 5.56 Å². The van der Waals surface area contributed by atoms with Crippen LogP contribution in [0.3, 0.4) is 0 Å². The van der Waals surface area contributed by atoms with E-state index in [-0.39, 0.29) is 4.90 Å². The van der Waals surface area contributed by atoms with Gasteiger partial charge >= 0.3 is 0 Å². The normalized spacial score (nSPS) is 27.6. The number of sulfone groups is 1. The van der Waals surface area contributed by atoms with Crippen molar-refractivity contribution in [3.05, 3.63) is 66.0 Å². The molecule has 1 aliphatic rings. The fourth-order valence-corrected chi connectivity index (χ4v) is 5.31. The van der Waals surface area contributed by atoms with Gasteiger partial charge in [0.15, 0.2) is 9.84 Å². The molecule has 2 aromatic carbocycles. The van der Waals surface area contributed by atoms with Gasteiger partial charge in [-0.1, -0.05) is 30.3 Å². The zero-order valence-electron chi connectivity index (χ0n) is 11.7. The number of nitrogens with two attached hydrogens (primary N) is 1. The first-order valence-electron chi connectivity index (χ1n) is 6.85. The number of aliphatic hydroxyl groups excluding tert-OH is 1. The van der Waals surface area contributed by atoms with Crippen LogP contribution < -0.4 is 5.73 Å². The molecule has 0 radical (unpaired) electrons. The Morgan fingerprint density at radius 1 is 1.09 bits per heavy atom. The van der Waals surface area contributed by atoms with E-state index >= 15 is 0 Å². The standard InChI is InChI=1S/C16H16FNO3S/c17-12-8-6-11(7-9-12)14-15(16(14,18)10-19)22(20,21)13-4-2-1-3-5-13/h1-9,14-15,19H,10,18H2/t14-,15+,16+/m0/s1. The monoisotopic (exact) mass is 321 g/mol. The number of hydrogen-bond acceptors (Lipinski definition) is 4. The van der Waals surface area contributed by atoms with Crippen LogP contribution in [0.15, 0.2) is 59.5 Å². The number of halogens is 1. The highest BCUT2D eigenvalue weighted by atomic mass is 32.2. The third-order valence-electron chi connectivity index (χ3n) is 4.21. The van der Waals surface area contributed by atoms with Gasteiger partial charge in [-0.3, -0.25) is 0 Å². The van der Waals surface area contributed by atoms with Gasteiger partial charge in [0.25, 0.3) is 0 Å². The van der Waals surface area contributed by atoms with Crippen molar-refractivity contribution in [3.63, 3.8) is 0 Å². The van der Waals surface area contributed by atoms with Crippen molar-refractivity contribution in [1.82, 2.24) is 0 Å². The molecule has 2 aromatic rings. The highest BCUT2D eigenvalue weighted by molar-refractivity contribution is 7.92. The van der Waals surface area contributed by atoms with Crippen molar-refractivity contribution < 1.29 is 17.9 Å². The van der Waals surface area contributed by atoms with Crippen molar-refractivity contribution in [2.24, 2.45) is 5.73 Å². The molecule has 6 heteroatoms. The van der Waals surface area contributed by atoms with E-state index in [2.05, 4.69) is 0 Å². The van der Waals surface area contributed by atoms with Crippen molar-refractivity contribution >= 4 is 9.84 Å². The smallest absolute Gasteiger partial charge is 0.183 e. The average molecular weight is 321 g/mol. The summed E-state index contributed by atoms with van der Waals surface area (Å²) in [5.41, 5.74) is 5.47. The molecule has 22 heavy (non-hydrogen) atoms. The van der Waals surface area contributed by atoms with Gasteiger partial charge in [-0.05, 0) is 29.8 Å². The summed E-state index contributed by atoms with van der Waals surface area (Å²) in [6.07, 6.45) is 0. The second-order valence-corrected chi connectivity index (χ2v) is 7.65. The Hall–Kier alpha value is -1.76. The summed E-state index contributed by atoms with van der Waals surface area (Å²) in [5, 5.41) is 8.65. The van der Waals surface area contributed by atoms with E-state index in [4.69, 9.17) is 5.73 Å². The highest BCUT2D eigenvalue weighted by Crippen LogP contribution is 2.55. The average Bonchev–Trinajstić information content (AvgIpc) is 3.17. The summed E-state index contributed by atoms with van der Waals surface area (Å²) < 4.78 is 38.6.